The first-order valence-corrected chi connectivity index (χ1v) is 8.52. The van der Waals surface area contributed by atoms with Crippen LogP contribution in [0.25, 0.3) is 0 Å². The number of aromatic amines is 1. The maximum absolute atomic E-state index is 12.4. The molecule has 0 saturated heterocycles. The number of nitrogens with one attached hydrogen (secondary N) is 2. The molecular formula is C18H23N3O2. The van der Waals surface area contributed by atoms with E-state index in [1.165, 1.54) is 44.6 Å². The fourth-order valence-electron chi connectivity index (χ4n) is 3.71. The molecule has 2 fully saturated rings. The first kappa shape index (κ1) is 15.8. The average Bonchev–Trinajstić information content (AvgIpc) is 2.42. The van der Waals surface area contributed by atoms with Crippen LogP contribution in [0.5, 0.6) is 0 Å². The largest absolute Gasteiger partial charge is 0.350 e. The quantitative estimate of drug-likeness (QED) is 0.875. The van der Waals surface area contributed by atoms with Crippen LogP contribution < -0.4 is 10.9 Å². The van der Waals surface area contributed by atoms with Crippen molar-refractivity contribution in [3.8, 4) is 6.07 Å². The molecular weight excluding hydrogens is 290 g/mol. The molecule has 5 nitrogen and oxygen atoms in total. The number of amides is 1. The van der Waals surface area contributed by atoms with Gasteiger partial charge in [-0.05, 0) is 36.3 Å². The molecule has 0 aliphatic heterocycles. The highest BCUT2D eigenvalue weighted by atomic mass is 16.2. The van der Waals surface area contributed by atoms with E-state index in [0.717, 1.165) is 11.8 Å². The third-order valence-corrected chi connectivity index (χ3v) is 5.59. The standard InChI is InChI=1S/C18H23N3O2/c1-11-8-14(9-19)17(22)21-16(11)18(23)20-10-15(12-4-2-5-12)13-6-3-7-13/h8,12-13,15H,2-7,10H2,1H3,(H,20,23)(H,21,22). The Morgan fingerprint density at radius 3 is 2.43 bits per heavy atom. The number of aromatic nitrogens is 1. The molecule has 2 aliphatic rings. The molecule has 23 heavy (non-hydrogen) atoms. The van der Waals surface area contributed by atoms with Crippen molar-refractivity contribution in [3.63, 3.8) is 0 Å². The van der Waals surface area contributed by atoms with Crippen LogP contribution in [0.2, 0.25) is 0 Å². The Morgan fingerprint density at radius 2 is 1.96 bits per heavy atom. The molecule has 122 valence electrons. The molecule has 1 aromatic heterocycles. The van der Waals surface area contributed by atoms with Crippen LogP contribution in [0.3, 0.4) is 0 Å². The van der Waals surface area contributed by atoms with Crippen molar-refractivity contribution in [3.05, 3.63) is 33.2 Å². The number of aryl methyl sites for hydroxylation is 1. The minimum absolute atomic E-state index is 0.0425. The third kappa shape index (κ3) is 3.17. The summed E-state index contributed by atoms with van der Waals surface area (Å²) < 4.78 is 0. The maximum Gasteiger partial charge on any atom is 0.268 e. The van der Waals surface area contributed by atoms with Crippen LogP contribution in [0.15, 0.2) is 10.9 Å². The van der Waals surface area contributed by atoms with Crippen molar-refractivity contribution in [2.45, 2.75) is 45.4 Å². The minimum Gasteiger partial charge on any atom is -0.350 e. The fourth-order valence-corrected chi connectivity index (χ4v) is 3.71. The zero-order valence-electron chi connectivity index (χ0n) is 13.5. The number of hydrogen-bond donors (Lipinski definition) is 2. The van der Waals surface area contributed by atoms with Gasteiger partial charge in [-0.25, -0.2) is 0 Å². The lowest BCUT2D eigenvalue weighted by atomic mass is 9.64. The van der Waals surface area contributed by atoms with Gasteiger partial charge in [-0.3, -0.25) is 9.59 Å². The van der Waals surface area contributed by atoms with Crippen LogP contribution >= 0.6 is 0 Å². The summed E-state index contributed by atoms with van der Waals surface area (Å²) in [5.41, 5.74) is 0.441. The van der Waals surface area contributed by atoms with E-state index in [0.29, 0.717) is 18.0 Å². The molecule has 1 aromatic rings. The summed E-state index contributed by atoms with van der Waals surface area (Å²) in [6, 6.07) is 3.31. The van der Waals surface area contributed by atoms with E-state index in [1.807, 2.05) is 6.07 Å². The van der Waals surface area contributed by atoms with Gasteiger partial charge in [0.1, 0.15) is 17.3 Å². The second-order valence-corrected chi connectivity index (χ2v) is 6.94. The molecule has 1 amide bonds. The molecule has 0 bridgehead atoms. The van der Waals surface area contributed by atoms with Crippen molar-refractivity contribution in [2.75, 3.05) is 6.54 Å². The normalized spacial score (nSPS) is 18.1. The molecule has 2 N–H and O–H groups in total. The molecule has 2 aliphatic carbocycles. The first-order valence-electron chi connectivity index (χ1n) is 8.52. The van der Waals surface area contributed by atoms with Gasteiger partial charge in [0.25, 0.3) is 11.5 Å². The summed E-state index contributed by atoms with van der Waals surface area (Å²) in [5.74, 6) is 1.84. The SMILES string of the molecule is Cc1cc(C#N)c(=O)[nH]c1C(=O)NCC(C1CCC1)C1CCC1. The summed E-state index contributed by atoms with van der Waals surface area (Å²) in [5, 5.41) is 11.9. The van der Waals surface area contributed by atoms with Crippen LogP contribution in [0.1, 0.15) is 60.1 Å². The number of H-pyrrole nitrogens is 1. The van der Waals surface area contributed by atoms with Crippen molar-refractivity contribution >= 4 is 5.91 Å². The number of rotatable bonds is 5. The highest BCUT2D eigenvalue weighted by Gasteiger charge is 2.36. The van der Waals surface area contributed by atoms with Crippen LogP contribution in [-0.4, -0.2) is 17.4 Å². The average molecular weight is 313 g/mol. The summed E-state index contributed by atoms with van der Waals surface area (Å²) in [6.45, 7) is 2.43. The zero-order valence-corrected chi connectivity index (χ0v) is 13.5. The van der Waals surface area contributed by atoms with Gasteiger partial charge >= 0.3 is 0 Å². The maximum atomic E-state index is 12.4. The topological polar surface area (TPSA) is 85.8 Å². The fraction of sp³-hybridized carbons (Fsp3) is 0.611. The van der Waals surface area contributed by atoms with Gasteiger partial charge in [-0.15, -0.1) is 0 Å². The van der Waals surface area contributed by atoms with Gasteiger partial charge in [0.2, 0.25) is 0 Å². The molecule has 1 heterocycles. The predicted molar refractivity (Wildman–Crippen MR) is 87.0 cm³/mol. The lowest BCUT2D eigenvalue weighted by Crippen LogP contribution is -2.41. The Bertz CT molecular complexity index is 679. The highest BCUT2D eigenvalue weighted by molar-refractivity contribution is 5.93. The molecule has 0 unspecified atom stereocenters. The lowest BCUT2D eigenvalue weighted by Gasteiger charge is -2.42. The molecule has 0 atom stereocenters. The van der Waals surface area contributed by atoms with E-state index >= 15 is 0 Å². The highest BCUT2D eigenvalue weighted by Crippen LogP contribution is 2.44. The van der Waals surface area contributed by atoms with E-state index in [4.69, 9.17) is 5.26 Å². The Balaban J connectivity index is 1.67. The minimum atomic E-state index is -0.502. The van der Waals surface area contributed by atoms with E-state index in [-0.39, 0.29) is 17.2 Å². The van der Waals surface area contributed by atoms with Crippen LogP contribution in [-0.2, 0) is 0 Å². The predicted octanol–water partition coefficient (Wildman–Crippen LogP) is 2.50. The molecule has 0 aromatic carbocycles. The van der Waals surface area contributed by atoms with Crippen LogP contribution in [0, 0.1) is 36.0 Å². The molecule has 0 radical (unpaired) electrons. The summed E-state index contributed by atoms with van der Waals surface area (Å²) in [4.78, 5) is 26.7. The van der Waals surface area contributed by atoms with Gasteiger partial charge in [0.15, 0.2) is 0 Å². The monoisotopic (exact) mass is 313 g/mol. The van der Waals surface area contributed by atoms with Crippen molar-refractivity contribution in [1.82, 2.24) is 10.3 Å². The van der Waals surface area contributed by atoms with E-state index in [1.54, 1.807) is 6.92 Å². The Kier molecular flexibility index (Phi) is 4.51. The lowest BCUT2D eigenvalue weighted by molar-refractivity contribution is 0.0787. The number of pyridine rings is 1. The van der Waals surface area contributed by atoms with Gasteiger partial charge < -0.3 is 10.3 Å². The Hall–Kier alpha value is -2.09. The van der Waals surface area contributed by atoms with Crippen LogP contribution in [0.4, 0.5) is 0 Å². The number of carbonyl (C=O) groups is 1. The Labute approximate surface area is 136 Å². The zero-order chi connectivity index (χ0) is 16.4. The van der Waals surface area contributed by atoms with Gasteiger partial charge in [-0.2, -0.15) is 5.26 Å². The number of nitriles is 1. The van der Waals surface area contributed by atoms with E-state index < -0.39 is 5.56 Å². The van der Waals surface area contributed by atoms with E-state index in [9.17, 15) is 9.59 Å². The molecule has 3 rings (SSSR count). The molecule has 5 heteroatoms. The number of hydrogen-bond acceptors (Lipinski definition) is 3. The van der Waals surface area contributed by atoms with E-state index in [2.05, 4.69) is 10.3 Å². The van der Waals surface area contributed by atoms with Crippen molar-refractivity contribution in [2.24, 2.45) is 17.8 Å². The summed E-state index contributed by atoms with van der Waals surface area (Å²) in [6.07, 6.45) is 7.74. The smallest absolute Gasteiger partial charge is 0.268 e. The molecule has 0 spiro atoms. The molecule has 2 saturated carbocycles. The number of carbonyl (C=O) groups excluding carboxylic acids is 1. The van der Waals surface area contributed by atoms with Gasteiger partial charge in [0.05, 0.1) is 0 Å². The second kappa shape index (κ2) is 6.57. The summed E-state index contributed by atoms with van der Waals surface area (Å²) >= 11 is 0. The van der Waals surface area contributed by atoms with Crippen molar-refractivity contribution < 1.29 is 4.79 Å². The Morgan fingerprint density at radius 1 is 1.35 bits per heavy atom. The third-order valence-electron chi connectivity index (χ3n) is 5.59. The summed E-state index contributed by atoms with van der Waals surface area (Å²) in [7, 11) is 0. The number of nitrogens with zero attached hydrogens (tertiary/aromatic N) is 1. The van der Waals surface area contributed by atoms with Gasteiger partial charge in [-0.1, -0.05) is 38.5 Å². The first-order chi connectivity index (χ1) is 11.1. The second-order valence-electron chi connectivity index (χ2n) is 6.94. The van der Waals surface area contributed by atoms with Gasteiger partial charge in [0, 0.05) is 6.54 Å². The van der Waals surface area contributed by atoms with Crippen molar-refractivity contribution in [1.29, 1.82) is 5.26 Å².